The van der Waals surface area contributed by atoms with Crippen molar-refractivity contribution in [3.63, 3.8) is 0 Å². The van der Waals surface area contributed by atoms with Gasteiger partial charge in [0.2, 0.25) is 0 Å². The fraction of sp³-hybridized carbons (Fsp3) is 0.111. The van der Waals surface area contributed by atoms with Crippen LogP contribution < -0.4 is 5.32 Å². The summed E-state index contributed by atoms with van der Waals surface area (Å²) in [6, 6.07) is 1.75. The lowest BCUT2D eigenvalue weighted by molar-refractivity contribution is 0.103. The summed E-state index contributed by atoms with van der Waals surface area (Å²) in [6.07, 6.45) is 2.91. The van der Waals surface area contributed by atoms with E-state index in [4.69, 9.17) is 11.6 Å². The van der Waals surface area contributed by atoms with E-state index in [2.05, 4.69) is 19.9 Å². The number of pyridine rings is 1. The van der Waals surface area contributed by atoms with E-state index < -0.39 is 0 Å². The summed E-state index contributed by atoms with van der Waals surface area (Å²) in [4.78, 5) is 16.0. The third kappa shape index (κ3) is 2.34. The Morgan fingerprint density at radius 3 is 2.94 bits per heavy atom. The molecule has 0 atom stereocenters. The van der Waals surface area contributed by atoms with Crippen molar-refractivity contribution in [1.82, 2.24) is 14.6 Å². The summed E-state index contributed by atoms with van der Waals surface area (Å²) in [5, 5.41) is 6.70. The standard InChI is InChI=1S/C9H7ClN4OS/c1-5-2-6(3-11-8(5)10)13-9(15)7-4-12-14-16-7/h2-4H,1H3,(H,13,15). The molecule has 0 bridgehead atoms. The van der Waals surface area contributed by atoms with Crippen molar-refractivity contribution in [2.75, 3.05) is 5.32 Å². The summed E-state index contributed by atoms with van der Waals surface area (Å²) in [5.41, 5.74) is 1.40. The molecule has 0 aliphatic carbocycles. The minimum Gasteiger partial charge on any atom is -0.320 e. The van der Waals surface area contributed by atoms with Gasteiger partial charge in [-0.1, -0.05) is 16.1 Å². The fourth-order valence-electron chi connectivity index (χ4n) is 1.09. The molecule has 2 aromatic heterocycles. The highest BCUT2D eigenvalue weighted by Crippen LogP contribution is 2.17. The molecule has 16 heavy (non-hydrogen) atoms. The fourth-order valence-corrected chi connectivity index (χ4v) is 1.60. The first-order valence-corrected chi connectivity index (χ1v) is 5.53. The predicted octanol–water partition coefficient (Wildman–Crippen LogP) is 2.15. The van der Waals surface area contributed by atoms with Crippen LogP contribution in [0.15, 0.2) is 18.5 Å². The Labute approximate surface area is 101 Å². The lowest BCUT2D eigenvalue weighted by Crippen LogP contribution is -2.10. The number of anilines is 1. The minimum atomic E-state index is -0.251. The molecule has 2 heterocycles. The van der Waals surface area contributed by atoms with Gasteiger partial charge in [-0.05, 0) is 30.1 Å². The van der Waals surface area contributed by atoms with Crippen molar-refractivity contribution in [1.29, 1.82) is 0 Å². The van der Waals surface area contributed by atoms with Gasteiger partial charge >= 0.3 is 0 Å². The van der Waals surface area contributed by atoms with Crippen LogP contribution in [0.4, 0.5) is 5.69 Å². The third-order valence-electron chi connectivity index (χ3n) is 1.86. The maximum atomic E-state index is 11.6. The molecule has 2 aromatic rings. The first-order chi connectivity index (χ1) is 7.66. The lowest BCUT2D eigenvalue weighted by Gasteiger charge is -2.04. The van der Waals surface area contributed by atoms with Crippen LogP contribution in [-0.2, 0) is 0 Å². The maximum absolute atomic E-state index is 11.6. The van der Waals surface area contributed by atoms with Gasteiger partial charge in [0.1, 0.15) is 10.0 Å². The Bertz CT molecular complexity index is 514. The molecule has 0 saturated heterocycles. The summed E-state index contributed by atoms with van der Waals surface area (Å²) >= 11 is 6.81. The van der Waals surface area contributed by atoms with Crippen molar-refractivity contribution < 1.29 is 4.79 Å². The zero-order chi connectivity index (χ0) is 11.5. The van der Waals surface area contributed by atoms with E-state index in [0.717, 1.165) is 17.1 Å². The number of hydrogen-bond donors (Lipinski definition) is 1. The van der Waals surface area contributed by atoms with Crippen molar-refractivity contribution in [2.24, 2.45) is 0 Å². The zero-order valence-electron chi connectivity index (χ0n) is 8.27. The van der Waals surface area contributed by atoms with Crippen molar-refractivity contribution in [3.8, 4) is 0 Å². The molecule has 0 unspecified atom stereocenters. The highest BCUT2D eigenvalue weighted by atomic mass is 35.5. The molecule has 0 aromatic carbocycles. The number of nitrogens with zero attached hydrogens (tertiary/aromatic N) is 3. The van der Waals surface area contributed by atoms with Crippen LogP contribution >= 0.6 is 23.1 Å². The molecular weight excluding hydrogens is 248 g/mol. The normalized spacial score (nSPS) is 10.1. The van der Waals surface area contributed by atoms with Gasteiger partial charge in [-0.2, -0.15) is 0 Å². The maximum Gasteiger partial charge on any atom is 0.269 e. The topological polar surface area (TPSA) is 67.8 Å². The van der Waals surface area contributed by atoms with E-state index in [9.17, 15) is 4.79 Å². The molecule has 0 fully saturated rings. The van der Waals surface area contributed by atoms with Gasteiger partial charge in [0.25, 0.3) is 5.91 Å². The van der Waals surface area contributed by atoms with Crippen molar-refractivity contribution in [2.45, 2.75) is 6.92 Å². The molecule has 0 aliphatic rings. The van der Waals surface area contributed by atoms with E-state index >= 15 is 0 Å². The van der Waals surface area contributed by atoms with Crippen molar-refractivity contribution >= 4 is 34.7 Å². The third-order valence-corrected chi connectivity index (χ3v) is 2.92. The average Bonchev–Trinajstić information content (AvgIpc) is 2.77. The van der Waals surface area contributed by atoms with Gasteiger partial charge in [0.15, 0.2) is 0 Å². The van der Waals surface area contributed by atoms with Gasteiger partial charge in [0, 0.05) is 0 Å². The van der Waals surface area contributed by atoms with E-state index in [1.165, 1.54) is 12.4 Å². The summed E-state index contributed by atoms with van der Waals surface area (Å²) in [5.74, 6) is -0.251. The first kappa shape index (κ1) is 11.0. The Balaban J connectivity index is 2.15. The molecule has 0 saturated carbocycles. The average molecular weight is 255 g/mol. The number of aryl methyl sites for hydroxylation is 1. The van der Waals surface area contributed by atoms with Crippen LogP contribution in [0.5, 0.6) is 0 Å². The van der Waals surface area contributed by atoms with E-state index in [0.29, 0.717) is 15.7 Å². The second kappa shape index (κ2) is 4.54. The van der Waals surface area contributed by atoms with Gasteiger partial charge in [0.05, 0.1) is 18.1 Å². The van der Waals surface area contributed by atoms with Crippen molar-refractivity contribution in [3.05, 3.63) is 34.1 Å². The number of halogens is 1. The summed E-state index contributed by atoms with van der Waals surface area (Å²) in [7, 11) is 0. The number of rotatable bonds is 2. The number of nitrogens with one attached hydrogen (secondary N) is 1. The lowest BCUT2D eigenvalue weighted by atomic mass is 10.3. The quantitative estimate of drug-likeness (QED) is 0.834. The van der Waals surface area contributed by atoms with Gasteiger partial charge < -0.3 is 5.32 Å². The van der Waals surface area contributed by atoms with E-state index in [1.807, 2.05) is 6.92 Å². The number of carbonyl (C=O) groups excluding carboxylic acids is 1. The Morgan fingerprint density at radius 2 is 2.31 bits per heavy atom. The van der Waals surface area contributed by atoms with Crippen LogP contribution in [0, 0.1) is 6.92 Å². The molecule has 0 spiro atoms. The molecule has 1 N–H and O–H groups in total. The molecule has 7 heteroatoms. The number of amides is 1. The second-order valence-corrected chi connectivity index (χ2v) is 4.21. The molecule has 1 amide bonds. The van der Waals surface area contributed by atoms with Crippen LogP contribution in [0.2, 0.25) is 5.15 Å². The molecule has 82 valence electrons. The largest absolute Gasteiger partial charge is 0.320 e. The number of carbonyl (C=O) groups is 1. The molecule has 0 radical (unpaired) electrons. The number of aromatic nitrogens is 3. The SMILES string of the molecule is Cc1cc(NC(=O)c2cnns2)cnc1Cl. The smallest absolute Gasteiger partial charge is 0.269 e. The summed E-state index contributed by atoms with van der Waals surface area (Å²) in [6.45, 7) is 1.82. The molecule has 5 nitrogen and oxygen atoms in total. The molecular formula is C9H7ClN4OS. The zero-order valence-corrected chi connectivity index (χ0v) is 9.84. The Morgan fingerprint density at radius 1 is 1.50 bits per heavy atom. The Kier molecular flexibility index (Phi) is 3.12. The van der Waals surface area contributed by atoms with Crippen LogP contribution in [0.3, 0.4) is 0 Å². The van der Waals surface area contributed by atoms with Gasteiger partial charge in [-0.15, -0.1) is 5.10 Å². The Hall–Kier alpha value is -1.53. The molecule has 0 aliphatic heterocycles. The number of hydrogen-bond acceptors (Lipinski definition) is 5. The first-order valence-electron chi connectivity index (χ1n) is 4.37. The predicted molar refractivity (Wildman–Crippen MR) is 61.8 cm³/mol. The minimum absolute atomic E-state index is 0.251. The highest BCUT2D eigenvalue weighted by molar-refractivity contribution is 7.07. The second-order valence-electron chi connectivity index (χ2n) is 3.07. The van der Waals surface area contributed by atoms with Crippen LogP contribution in [0.25, 0.3) is 0 Å². The monoisotopic (exact) mass is 254 g/mol. The van der Waals surface area contributed by atoms with Crippen LogP contribution in [0.1, 0.15) is 15.2 Å². The highest BCUT2D eigenvalue weighted by Gasteiger charge is 2.09. The van der Waals surface area contributed by atoms with E-state index in [1.54, 1.807) is 6.07 Å². The van der Waals surface area contributed by atoms with Crippen LogP contribution in [-0.4, -0.2) is 20.5 Å². The van der Waals surface area contributed by atoms with Gasteiger partial charge in [-0.25, -0.2) is 4.98 Å². The summed E-state index contributed by atoms with van der Waals surface area (Å²) < 4.78 is 3.61. The molecule has 2 rings (SSSR count). The van der Waals surface area contributed by atoms with E-state index in [-0.39, 0.29) is 5.91 Å². The van der Waals surface area contributed by atoms with Gasteiger partial charge in [-0.3, -0.25) is 4.79 Å².